The third kappa shape index (κ3) is 3.20. The number of nitrogens with zero attached hydrogens (tertiary/aromatic N) is 2. The molecule has 0 spiro atoms. The molecule has 0 aliphatic carbocycles. The second-order valence-corrected chi connectivity index (χ2v) is 5.85. The maximum Gasteiger partial charge on any atom is 0.260 e. The summed E-state index contributed by atoms with van der Waals surface area (Å²) in [5, 5.41) is 6.38. The lowest BCUT2D eigenvalue weighted by Gasteiger charge is -2.19. The van der Waals surface area contributed by atoms with Gasteiger partial charge in [-0.15, -0.1) is 11.6 Å². The van der Waals surface area contributed by atoms with Crippen LogP contribution in [-0.4, -0.2) is 36.0 Å². The van der Waals surface area contributed by atoms with Gasteiger partial charge in [0.05, 0.1) is 12.1 Å². The van der Waals surface area contributed by atoms with E-state index in [1.54, 1.807) is 0 Å². The van der Waals surface area contributed by atoms with Crippen LogP contribution in [0.4, 0.5) is 0 Å². The van der Waals surface area contributed by atoms with Crippen molar-refractivity contribution in [1.82, 2.24) is 14.5 Å². The van der Waals surface area contributed by atoms with Crippen LogP contribution in [0.3, 0.4) is 0 Å². The van der Waals surface area contributed by atoms with Crippen LogP contribution in [0, 0.1) is 0 Å². The maximum absolute atomic E-state index is 12.3. The highest BCUT2D eigenvalue weighted by Gasteiger charge is 2.26. The molecule has 1 aromatic rings. The molecule has 7 heteroatoms. The van der Waals surface area contributed by atoms with Crippen molar-refractivity contribution in [2.75, 3.05) is 13.1 Å². The molecule has 0 fully saturated rings. The zero-order valence-electron chi connectivity index (χ0n) is 10.1. The first kappa shape index (κ1) is 14.5. The van der Waals surface area contributed by atoms with Crippen LogP contribution in [0.5, 0.6) is 0 Å². The number of rotatable bonds is 7. The third-order valence-electron chi connectivity index (χ3n) is 2.53. The van der Waals surface area contributed by atoms with Gasteiger partial charge in [0.25, 0.3) is 10.0 Å². The van der Waals surface area contributed by atoms with E-state index in [9.17, 15) is 8.42 Å². The van der Waals surface area contributed by atoms with Gasteiger partial charge in [0.2, 0.25) is 0 Å². The molecule has 1 heterocycles. The zero-order valence-corrected chi connectivity index (χ0v) is 11.7. The van der Waals surface area contributed by atoms with E-state index in [1.807, 2.05) is 13.8 Å². The van der Waals surface area contributed by atoms with Crippen LogP contribution in [0.1, 0.15) is 32.3 Å². The summed E-state index contributed by atoms with van der Waals surface area (Å²) in [5.41, 5.74) is 0.515. The van der Waals surface area contributed by atoms with E-state index < -0.39 is 10.0 Å². The van der Waals surface area contributed by atoms with E-state index in [0.29, 0.717) is 18.7 Å². The minimum atomic E-state index is -3.49. The summed E-state index contributed by atoms with van der Waals surface area (Å²) in [6.45, 7) is 4.82. The van der Waals surface area contributed by atoms with Crippen LogP contribution in [-0.2, 0) is 15.9 Å². The monoisotopic (exact) mass is 279 g/mol. The zero-order chi connectivity index (χ0) is 12.9. The van der Waals surface area contributed by atoms with Crippen LogP contribution in [0.2, 0.25) is 0 Å². The number of hydrogen-bond acceptors (Lipinski definition) is 3. The molecule has 0 aliphatic rings. The van der Waals surface area contributed by atoms with Gasteiger partial charge >= 0.3 is 0 Å². The van der Waals surface area contributed by atoms with Crippen molar-refractivity contribution in [3.8, 4) is 0 Å². The molecule has 0 unspecified atom stereocenters. The summed E-state index contributed by atoms with van der Waals surface area (Å²) in [7, 11) is -3.49. The number of H-pyrrole nitrogens is 1. The number of sulfonamides is 1. The molecule has 17 heavy (non-hydrogen) atoms. The molecule has 0 atom stereocenters. The average molecular weight is 280 g/mol. The molecule has 0 saturated heterocycles. The summed E-state index contributed by atoms with van der Waals surface area (Å²) in [6.07, 6.45) is 3.25. The minimum absolute atomic E-state index is 0.116. The Balaban J connectivity index is 3.00. The molecule has 0 aromatic carbocycles. The molecule has 98 valence electrons. The van der Waals surface area contributed by atoms with Gasteiger partial charge in [-0.1, -0.05) is 20.3 Å². The molecule has 0 radical (unpaired) electrons. The van der Waals surface area contributed by atoms with Gasteiger partial charge in [0.15, 0.2) is 5.03 Å². The number of halogens is 1. The van der Waals surface area contributed by atoms with Crippen LogP contribution in [0.15, 0.2) is 11.2 Å². The Labute approximate surface area is 107 Å². The summed E-state index contributed by atoms with van der Waals surface area (Å²) in [6, 6.07) is 0. The number of hydrogen-bond donors (Lipinski definition) is 1. The highest BCUT2D eigenvalue weighted by molar-refractivity contribution is 7.89. The van der Waals surface area contributed by atoms with Crippen LogP contribution in [0.25, 0.3) is 0 Å². The van der Waals surface area contributed by atoms with Gasteiger partial charge < -0.3 is 0 Å². The van der Waals surface area contributed by atoms with E-state index in [4.69, 9.17) is 11.6 Å². The Hall–Kier alpha value is -0.590. The molecule has 0 saturated carbocycles. The van der Waals surface area contributed by atoms with Gasteiger partial charge in [-0.05, 0) is 6.42 Å². The largest absolute Gasteiger partial charge is 0.266 e. The standard InChI is InChI=1S/C10H18ClN3O2S/c1-3-5-6-14(4-2)17(15,16)10-9(7-11)8-12-13-10/h8H,3-7H2,1-2H3,(H,12,13). The molecular formula is C10H18ClN3O2S. The smallest absolute Gasteiger partial charge is 0.260 e. The Bertz CT molecular complexity index is 444. The molecule has 1 N–H and O–H groups in total. The fraction of sp³-hybridized carbons (Fsp3) is 0.700. The molecule has 0 bridgehead atoms. The first-order valence-corrected chi connectivity index (χ1v) is 7.63. The molecule has 1 aromatic heterocycles. The molecular weight excluding hydrogens is 262 g/mol. The van der Waals surface area contributed by atoms with Crippen molar-refractivity contribution in [1.29, 1.82) is 0 Å². The summed E-state index contributed by atoms with van der Waals surface area (Å²) in [5.74, 6) is 0.135. The van der Waals surface area contributed by atoms with Gasteiger partial charge in [0, 0.05) is 18.7 Å². The molecule has 5 nitrogen and oxygen atoms in total. The lowest BCUT2D eigenvalue weighted by molar-refractivity contribution is 0.416. The lowest BCUT2D eigenvalue weighted by Crippen LogP contribution is -2.32. The van der Waals surface area contributed by atoms with Crippen molar-refractivity contribution in [3.05, 3.63) is 11.8 Å². The average Bonchev–Trinajstić information content (AvgIpc) is 2.78. The highest BCUT2D eigenvalue weighted by Crippen LogP contribution is 2.19. The normalized spacial score (nSPS) is 12.2. The SMILES string of the molecule is CCCCN(CC)S(=O)(=O)c1[nH]ncc1CCl. The van der Waals surface area contributed by atoms with E-state index in [-0.39, 0.29) is 10.9 Å². The first-order valence-electron chi connectivity index (χ1n) is 5.66. The number of aromatic nitrogens is 2. The van der Waals surface area contributed by atoms with Gasteiger partial charge in [-0.3, -0.25) is 5.10 Å². The third-order valence-corrected chi connectivity index (χ3v) is 4.81. The second kappa shape index (κ2) is 6.37. The maximum atomic E-state index is 12.3. The van der Waals surface area contributed by atoms with Crippen molar-refractivity contribution < 1.29 is 8.42 Å². The predicted octanol–water partition coefficient (Wildman–Crippen LogP) is 1.96. The highest BCUT2D eigenvalue weighted by atomic mass is 35.5. The second-order valence-electron chi connectivity index (χ2n) is 3.71. The van der Waals surface area contributed by atoms with Crippen molar-refractivity contribution in [3.63, 3.8) is 0 Å². The van der Waals surface area contributed by atoms with Crippen LogP contribution >= 0.6 is 11.6 Å². The molecule has 1 rings (SSSR count). The number of alkyl halides is 1. The fourth-order valence-corrected chi connectivity index (χ4v) is 3.40. The molecule has 0 amide bonds. The number of aromatic amines is 1. The lowest BCUT2D eigenvalue weighted by atomic mass is 10.3. The van der Waals surface area contributed by atoms with E-state index >= 15 is 0 Å². The number of unbranched alkanes of at least 4 members (excludes halogenated alkanes) is 1. The van der Waals surface area contributed by atoms with E-state index in [2.05, 4.69) is 10.2 Å². The Morgan fingerprint density at radius 2 is 2.18 bits per heavy atom. The fourth-order valence-electron chi connectivity index (χ4n) is 1.53. The molecule has 0 aliphatic heterocycles. The minimum Gasteiger partial charge on any atom is -0.266 e. The quantitative estimate of drug-likeness (QED) is 0.776. The van der Waals surface area contributed by atoms with Gasteiger partial charge in [-0.2, -0.15) is 9.40 Å². The van der Waals surface area contributed by atoms with E-state index in [0.717, 1.165) is 12.8 Å². The van der Waals surface area contributed by atoms with Gasteiger partial charge in [0.1, 0.15) is 0 Å². The van der Waals surface area contributed by atoms with Crippen molar-refractivity contribution >= 4 is 21.6 Å². The van der Waals surface area contributed by atoms with Crippen LogP contribution < -0.4 is 0 Å². The summed E-state index contributed by atoms with van der Waals surface area (Å²) >= 11 is 5.69. The van der Waals surface area contributed by atoms with E-state index in [1.165, 1.54) is 10.5 Å². The summed E-state index contributed by atoms with van der Waals surface area (Å²) in [4.78, 5) is 0. The predicted molar refractivity (Wildman–Crippen MR) is 67.5 cm³/mol. The number of nitrogens with one attached hydrogen (secondary N) is 1. The van der Waals surface area contributed by atoms with Gasteiger partial charge in [-0.25, -0.2) is 8.42 Å². The summed E-state index contributed by atoms with van der Waals surface area (Å²) < 4.78 is 26.1. The van der Waals surface area contributed by atoms with Crippen molar-refractivity contribution in [2.24, 2.45) is 0 Å². The topological polar surface area (TPSA) is 66.1 Å². The Kier molecular flexibility index (Phi) is 5.42. The Morgan fingerprint density at radius 3 is 2.71 bits per heavy atom. The Morgan fingerprint density at radius 1 is 1.47 bits per heavy atom. The first-order chi connectivity index (χ1) is 8.07. The van der Waals surface area contributed by atoms with Crippen molar-refractivity contribution in [2.45, 2.75) is 37.6 Å².